The van der Waals surface area contributed by atoms with Gasteiger partial charge in [-0.1, -0.05) is 55.0 Å². The monoisotopic (exact) mass is 478 g/mol. The Kier molecular flexibility index (Phi) is 7.40. The molecule has 0 unspecified atom stereocenters. The third-order valence-corrected chi connectivity index (χ3v) is 7.60. The fourth-order valence-corrected chi connectivity index (χ4v) is 5.54. The van der Waals surface area contributed by atoms with Crippen molar-refractivity contribution in [2.24, 2.45) is 0 Å². The fourth-order valence-electron chi connectivity index (χ4n) is 3.85. The van der Waals surface area contributed by atoms with Crippen LogP contribution in [0.25, 0.3) is 0 Å². The van der Waals surface area contributed by atoms with E-state index in [1.807, 2.05) is 30.3 Å². The lowest BCUT2D eigenvalue weighted by Crippen LogP contribution is -2.36. The minimum Gasteiger partial charge on any atom is -0.423 e. The summed E-state index contributed by atoms with van der Waals surface area (Å²) in [4.78, 5) is 25.4. The van der Waals surface area contributed by atoms with Crippen LogP contribution in [0.1, 0.15) is 45.5 Å². The van der Waals surface area contributed by atoms with Gasteiger partial charge in [0.2, 0.25) is 10.0 Å². The van der Waals surface area contributed by atoms with Crippen LogP contribution in [0.2, 0.25) is 0 Å². The summed E-state index contributed by atoms with van der Waals surface area (Å²) >= 11 is 0. The van der Waals surface area contributed by atoms with E-state index in [0.29, 0.717) is 25.2 Å². The molecule has 0 saturated carbocycles. The Morgan fingerprint density at radius 3 is 2.32 bits per heavy atom. The lowest BCUT2D eigenvalue weighted by molar-refractivity contribution is 0.0729. The maximum absolute atomic E-state index is 13.2. The average molecular weight is 479 g/mol. The highest BCUT2D eigenvalue weighted by Gasteiger charge is 2.30. The number of nitrogens with one attached hydrogen (secondary N) is 1. The van der Waals surface area contributed by atoms with E-state index < -0.39 is 16.0 Å². The zero-order valence-electron chi connectivity index (χ0n) is 18.6. The number of piperidine rings is 1. The van der Waals surface area contributed by atoms with Crippen LogP contribution in [-0.2, 0) is 16.6 Å². The number of ether oxygens (including phenoxy) is 1. The standard InChI is InChI=1S/C26H26N2O5S/c29-25(27-19-20-10-3-1-4-11-20)21-12-9-13-22(18-21)33-26(30)23-14-5-6-15-24(23)34(31,32)28-16-7-2-8-17-28/h1,3-6,9-15,18H,2,7-8,16-17,19H2,(H,27,29). The molecule has 4 rings (SSSR count). The van der Waals surface area contributed by atoms with Gasteiger partial charge in [-0.05, 0) is 48.7 Å². The van der Waals surface area contributed by atoms with Crippen molar-refractivity contribution in [1.82, 2.24) is 9.62 Å². The van der Waals surface area contributed by atoms with Gasteiger partial charge in [-0.2, -0.15) is 4.31 Å². The number of benzene rings is 3. The maximum Gasteiger partial charge on any atom is 0.344 e. The second kappa shape index (κ2) is 10.6. The molecular weight excluding hydrogens is 452 g/mol. The summed E-state index contributed by atoms with van der Waals surface area (Å²) in [5, 5.41) is 2.83. The van der Waals surface area contributed by atoms with Crippen LogP contribution in [0.5, 0.6) is 5.75 Å². The van der Waals surface area contributed by atoms with E-state index in [1.165, 1.54) is 22.5 Å². The van der Waals surface area contributed by atoms with Crippen LogP contribution in [0.4, 0.5) is 0 Å². The van der Waals surface area contributed by atoms with Crippen molar-refractivity contribution in [3.8, 4) is 5.75 Å². The minimum atomic E-state index is -3.82. The summed E-state index contributed by atoms with van der Waals surface area (Å²) in [6, 6.07) is 21.8. The fraction of sp³-hybridized carbons (Fsp3) is 0.231. The van der Waals surface area contributed by atoms with Gasteiger partial charge in [-0.3, -0.25) is 4.79 Å². The van der Waals surface area contributed by atoms with Crippen molar-refractivity contribution >= 4 is 21.9 Å². The number of hydrogen-bond donors (Lipinski definition) is 1. The molecule has 3 aromatic carbocycles. The summed E-state index contributed by atoms with van der Waals surface area (Å²) in [5.74, 6) is -0.949. The van der Waals surface area contributed by atoms with Crippen molar-refractivity contribution in [2.45, 2.75) is 30.7 Å². The van der Waals surface area contributed by atoms with Gasteiger partial charge in [-0.25, -0.2) is 13.2 Å². The van der Waals surface area contributed by atoms with Gasteiger partial charge in [0.05, 0.1) is 10.5 Å². The van der Waals surface area contributed by atoms with Gasteiger partial charge in [0.25, 0.3) is 5.91 Å². The number of sulfonamides is 1. The van der Waals surface area contributed by atoms with E-state index in [1.54, 1.807) is 30.3 Å². The van der Waals surface area contributed by atoms with Crippen LogP contribution in [0.3, 0.4) is 0 Å². The molecule has 0 spiro atoms. The number of hydrogen-bond acceptors (Lipinski definition) is 5. The SMILES string of the molecule is O=C(NCc1ccccc1)c1cccc(OC(=O)c2ccccc2S(=O)(=O)N2CCCCC2)c1. The largest absolute Gasteiger partial charge is 0.423 e. The van der Waals surface area contributed by atoms with Crippen LogP contribution in [0.15, 0.2) is 83.8 Å². The topological polar surface area (TPSA) is 92.8 Å². The van der Waals surface area contributed by atoms with Gasteiger partial charge in [0.1, 0.15) is 5.75 Å². The molecule has 0 bridgehead atoms. The highest BCUT2D eigenvalue weighted by atomic mass is 32.2. The molecule has 176 valence electrons. The maximum atomic E-state index is 13.2. The molecule has 1 aliphatic heterocycles. The third kappa shape index (κ3) is 5.52. The zero-order valence-corrected chi connectivity index (χ0v) is 19.5. The lowest BCUT2D eigenvalue weighted by atomic mass is 10.2. The summed E-state index contributed by atoms with van der Waals surface area (Å²) in [7, 11) is -3.82. The van der Waals surface area contributed by atoms with E-state index in [4.69, 9.17) is 4.74 Å². The van der Waals surface area contributed by atoms with E-state index in [2.05, 4.69) is 5.32 Å². The Balaban J connectivity index is 1.49. The second-order valence-corrected chi connectivity index (χ2v) is 9.95. The Hall–Kier alpha value is -3.49. The first-order chi connectivity index (χ1) is 16.4. The van der Waals surface area contributed by atoms with Crippen molar-refractivity contribution in [3.05, 3.63) is 95.6 Å². The number of carbonyl (C=O) groups excluding carboxylic acids is 2. The summed E-state index contributed by atoms with van der Waals surface area (Å²) in [5.41, 5.74) is 1.26. The predicted molar refractivity (Wildman–Crippen MR) is 128 cm³/mol. The molecule has 3 aromatic rings. The normalized spacial score (nSPS) is 14.4. The molecular formula is C26H26N2O5S. The first kappa shape index (κ1) is 23.7. The quantitative estimate of drug-likeness (QED) is 0.409. The van der Waals surface area contributed by atoms with E-state index >= 15 is 0 Å². The molecule has 1 saturated heterocycles. The van der Waals surface area contributed by atoms with Crippen molar-refractivity contribution in [3.63, 3.8) is 0 Å². The highest BCUT2D eigenvalue weighted by Crippen LogP contribution is 2.25. The summed E-state index contributed by atoms with van der Waals surface area (Å²) in [6.07, 6.45) is 2.58. The van der Waals surface area contributed by atoms with Crippen molar-refractivity contribution in [1.29, 1.82) is 0 Å². The number of carbonyl (C=O) groups is 2. The van der Waals surface area contributed by atoms with E-state index in [-0.39, 0.29) is 22.1 Å². The molecule has 1 fully saturated rings. The molecule has 1 aliphatic rings. The molecule has 0 aromatic heterocycles. The number of nitrogens with zero attached hydrogens (tertiary/aromatic N) is 1. The highest BCUT2D eigenvalue weighted by molar-refractivity contribution is 7.89. The molecule has 1 N–H and O–H groups in total. The van der Waals surface area contributed by atoms with Gasteiger partial charge in [0.15, 0.2) is 0 Å². The minimum absolute atomic E-state index is 0.0352. The first-order valence-corrected chi connectivity index (χ1v) is 12.6. The number of esters is 1. The number of rotatable bonds is 7. The lowest BCUT2D eigenvalue weighted by Gasteiger charge is -2.26. The van der Waals surface area contributed by atoms with E-state index in [0.717, 1.165) is 24.8 Å². The first-order valence-electron chi connectivity index (χ1n) is 11.2. The van der Waals surface area contributed by atoms with Crippen LogP contribution in [0, 0.1) is 0 Å². The predicted octanol–water partition coefficient (Wildman–Crippen LogP) is 4.01. The van der Waals surface area contributed by atoms with E-state index in [9.17, 15) is 18.0 Å². The van der Waals surface area contributed by atoms with Crippen LogP contribution in [-0.4, -0.2) is 37.7 Å². The zero-order chi connectivity index (χ0) is 24.0. The van der Waals surface area contributed by atoms with Crippen LogP contribution < -0.4 is 10.1 Å². The third-order valence-electron chi connectivity index (χ3n) is 5.64. The molecule has 7 nitrogen and oxygen atoms in total. The Bertz CT molecular complexity index is 1270. The molecule has 0 radical (unpaired) electrons. The summed E-state index contributed by atoms with van der Waals surface area (Å²) < 4.78 is 33.2. The Labute approximate surface area is 199 Å². The van der Waals surface area contributed by atoms with Gasteiger partial charge in [0, 0.05) is 25.2 Å². The Morgan fingerprint density at radius 1 is 0.853 bits per heavy atom. The van der Waals surface area contributed by atoms with Crippen LogP contribution >= 0.6 is 0 Å². The average Bonchev–Trinajstić information content (AvgIpc) is 2.88. The molecule has 0 atom stereocenters. The number of amides is 1. The molecule has 34 heavy (non-hydrogen) atoms. The molecule has 1 amide bonds. The smallest absolute Gasteiger partial charge is 0.344 e. The second-order valence-electron chi connectivity index (χ2n) is 8.05. The summed E-state index contributed by atoms with van der Waals surface area (Å²) in [6.45, 7) is 1.24. The van der Waals surface area contributed by atoms with Gasteiger partial charge >= 0.3 is 5.97 Å². The van der Waals surface area contributed by atoms with Gasteiger partial charge < -0.3 is 10.1 Å². The molecule has 0 aliphatic carbocycles. The Morgan fingerprint density at radius 2 is 1.56 bits per heavy atom. The van der Waals surface area contributed by atoms with Gasteiger partial charge in [-0.15, -0.1) is 0 Å². The molecule has 8 heteroatoms. The van der Waals surface area contributed by atoms with Crippen molar-refractivity contribution < 1.29 is 22.7 Å². The van der Waals surface area contributed by atoms with Crippen molar-refractivity contribution in [2.75, 3.05) is 13.1 Å². The molecule has 1 heterocycles.